The highest BCUT2D eigenvalue weighted by molar-refractivity contribution is 7.99. The molecule has 3 aromatic heterocycles. The summed E-state index contributed by atoms with van der Waals surface area (Å²) in [4.78, 5) is 57.0. The first-order valence-corrected chi connectivity index (χ1v) is 11.4. The molecule has 9 nitrogen and oxygen atoms in total. The maximum absolute atomic E-state index is 13.2. The Kier molecular flexibility index (Phi) is 5.48. The Bertz CT molecular complexity index is 1430. The van der Waals surface area contributed by atoms with E-state index in [1.807, 2.05) is 0 Å². The van der Waals surface area contributed by atoms with Gasteiger partial charge < -0.3 is 5.73 Å². The zero-order chi connectivity index (χ0) is 22.4. The smallest absolute Gasteiger partial charge is 0.332 e. The summed E-state index contributed by atoms with van der Waals surface area (Å²) < 4.78 is 3.41. The second kappa shape index (κ2) is 7.97. The van der Waals surface area contributed by atoms with Crippen molar-refractivity contribution in [3.05, 3.63) is 59.9 Å². The first-order valence-electron chi connectivity index (χ1n) is 9.63. The highest BCUT2D eigenvalue weighted by Gasteiger charge is 2.25. The number of Topliss-reactive ketones (excluding diaryl/α,β-unsaturated/α-hetero) is 1. The molecule has 4 rings (SSSR count). The molecule has 0 aromatic carbocycles. The molecule has 0 radical (unpaired) electrons. The van der Waals surface area contributed by atoms with Gasteiger partial charge in [-0.15, -0.1) is 17.9 Å². The minimum absolute atomic E-state index is 0.142. The quantitative estimate of drug-likeness (QED) is 0.253. The van der Waals surface area contributed by atoms with Crippen LogP contribution >= 0.6 is 23.1 Å². The fraction of sp³-hybridized carbons (Fsp3) is 0.350. The minimum Gasteiger partial charge on any atom is -0.384 e. The molecular formula is C20H21N5O4S2. The van der Waals surface area contributed by atoms with Crippen molar-refractivity contribution >= 4 is 44.9 Å². The van der Waals surface area contributed by atoms with E-state index in [2.05, 4.69) is 11.6 Å². The van der Waals surface area contributed by atoms with E-state index in [4.69, 9.17) is 5.73 Å². The van der Waals surface area contributed by atoms with Crippen LogP contribution in [-0.4, -0.2) is 30.2 Å². The number of aromatic nitrogens is 4. The van der Waals surface area contributed by atoms with Crippen molar-refractivity contribution < 1.29 is 4.79 Å². The van der Waals surface area contributed by atoms with Crippen molar-refractivity contribution in [2.45, 2.75) is 31.0 Å². The van der Waals surface area contributed by atoms with Crippen LogP contribution in [0.5, 0.6) is 0 Å². The van der Waals surface area contributed by atoms with Crippen LogP contribution in [0.3, 0.4) is 0 Å². The van der Waals surface area contributed by atoms with Gasteiger partial charge in [-0.1, -0.05) is 17.8 Å². The summed E-state index contributed by atoms with van der Waals surface area (Å²) >= 11 is 2.59. The zero-order valence-corrected chi connectivity index (χ0v) is 18.8. The van der Waals surface area contributed by atoms with Crippen LogP contribution in [0.1, 0.15) is 27.2 Å². The summed E-state index contributed by atoms with van der Waals surface area (Å²) in [5.74, 6) is -0.871. The Morgan fingerprint density at radius 3 is 2.68 bits per heavy atom. The largest absolute Gasteiger partial charge is 0.384 e. The minimum atomic E-state index is -0.743. The van der Waals surface area contributed by atoms with E-state index in [0.717, 1.165) is 45.7 Å². The number of ketones is 1. The first kappa shape index (κ1) is 21.3. The molecule has 0 amide bonds. The lowest BCUT2D eigenvalue weighted by atomic mass is 10.2. The van der Waals surface area contributed by atoms with Gasteiger partial charge in [-0.05, 0) is 24.8 Å². The molecule has 3 aromatic rings. The first-order chi connectivity index (χ1) is 14.8. The number of fused-ring (bicyclic) bond motifs is 3. The van der Waals surface area contributed by atoms with Gasteiger partial charge in [0.15, 0.2) is 10.9 Å². The summed E-state index contributed by atoms with van der Waals surface area (Å²) in [6, 6.07) is 0. The molecule has 1 aliphatic rings. The lowest BCUT2D eigenvalue weighted by Crippen LogP contribution is -2.41. The van der Waals surface area contributed by atoms with E-state index in [0.29, 0.717) is 15.4 Å². The van der Waals surface area contributed by atoms with E-state index in [9.17, 15) is 19.2 Å². The van der Waals surface area contributed by atoms with Crippen molar-refractivity contribution in [3.8, 4) is 0 Å². The maximum atomic E-state index is 13.2. The number of aryl methyl sites for hydroxylation is 2. The molecule has 1 aliphatic carbocycles. The summed E-state index contributed by atoms with van der Waals surface area (Å²) in [5.41, 5.74) is 5.23. The third-order valence-electron chi connectivity index (χ3n) is 5.42. The van der Waals surface area contributed by atoms with Gasteiger partial charge in [0.1, 0.15) is 16.2 Å². The van der Waals surface area contributed by atoms with E-state index >= 15 is 0 Å². The third kappa shape index (κ3) is 3.37. The normalized spacial score (nSPS) is 13.0. The zero-order valence-electron chi connectivity index (χ0n) is 17.1. The van der Waals surface area contributed by atoms with Crippen molar-refractivity contribution in [1.82, 2.24) is 18.7 Å². The van der Waals surface area contributed by atoms with Crippen molar-refractivity contribution in [2.24, 2.45) is 14.1 Å². The summed E-state index contributed by atoms with van der Waals surface area (Å²) in [5, 5.41) is 1.04. The monoisotopic (exact) mass is 459 g/mol. The molecule has 0 spiro atoms. The van der Waals surface area contributed by atoms with Crippen LogP contribution in [0.4, 0.5) is 5.82 Å². The molecule has 2 N–H and O–H groups in total. The number of carbonyl (C=O) groups excluding carboxylic acids is 1. The van der Waals surface area contributed by atoms with Gasteiger partial charge in [0.25, 0.3) is 11.1 Å². The van der Waals surface area contributed by atoms with Gasteiger partial charge in [0.2, 0.25) is 0 Å². The molecule has 0 atom stereocenters. The molecular weight excluding hydrogens is 438 g/mol. The lowest BCUT2D eigenvalue weighted by molar-refractivity contribution is 0.102. The standard InChI is InChI=1S/C20H21N5O4S2/c1-4-8-25-18(28)13-10-6-5-7-12(10)31-16(13)22-19(25)30-9-11(26)14-15(21)23(2)20(29)24(3)17(14)27/h4H,1,5-9,21H2,2-3H3. The molecule has 0 saturated carbocycles. The molecule has 0 fully saturated rings. The molecule has 0 bridgehead atoms. The Morgan fingerprint density at radius 2 is 1.97 bits per heavy atom. The van der Waals surface area contributed by atoms with Crippen molar-refractivity contribution in [1.29, 1.82) is 0 Å². The van der Waals surface area contributed by atoms with Crippen LogP contribution in [-0.2, 0) is 33.5 Å². The number of nitrogens with two attached hydrogens (primary N) is 1. The van der Waals surface area contributed by atoms with Gasteiger partial charge in [0.05, 0.1) is 11.1 Å². The number of nitrogen functional groups attached to an aromatic ring is 1. The maximum Gasteiger partial charge on any atom is 0.332 e. The van der Waals surface area contributed by atoms with Gasteiger partial charge >= 0.3 is 5.69 Å². The number of allylic oxidation sites excluding steroid dienone is 1. The van der Waals surface area contributed by atoms with Crippen LogP contribution in [0, 0.1) is 0 Å². The highest BCUT2D eigenvalue weighted by atomic mass is 32.2. The predicted molar refractivity (Wildman–Crippen MR) is 122 cm³/mol. The second-order valence-corrected chi connectivity index (χ2v) is 9.34. The van der Waals surface area contributed by atoms with Crippen LogP contribution < -0.4 is 22.5 Å². The lowest BCUT2D eigenvalue weighted by Gasteiger charge is -2.12. The third-order valence-corrected chi connectivity index (χ3v) is 7.58. The fourth-order valence-electron chi connectivity index (χ4n) is 3.78. The van der Waals surface area contributed by atoms with Gasteiger partial charge in [-0.3, -0.25) is 28.1 Å². The van der Waals surface area contributed by atoms with Gasteiger partial charge in [-0.25, -0.2) is 9.78 Å². The van der Waals surface area contributed by atoms with Gasteiger partial charge in [-0.2, -0.15) is 0 Å². The number of thiophene rings is 1. The number of hydrogen-bond acceptors (Lipinski definition) is 8. The SMILES string of the molecule is C=CCn1c(SCC(=O)c2c(N)n(C)c(=O)n(C)c2=O)nc2sc3c(c2c1=O)CCC3. The summed E-state index contributed by atoms with van der Waals surface area (Å²) in [6.07, 6.45) is 4.47. The van der Waals surface area contributed by atoms with Crippen LogP contribution in [0.25, 0.3) is 10.2 Å². The number of carbonyl (C=O) groups is 1. The number of thioether (sulfide) groups is 1. The van der Waals surface area contributed by atoms with Crippen LogP contribution in [0.2, 0.25) is 0 Å². The molecule has 162 valence electrons. The molecule has 0 unspecified atom stereocenters. The average molecular weight is 460 g/mol. The summed E-state index contributed by atoms with van der Waals surface area (Å²) in [6.45, 7) is 3.97. The number of rotatable bonds is 6. The number of hydrogen-bond donors (Lipinski definition) is 1. The molecule has 0 aliphatic heterocycles. The Balaban J connectivity index is 1.73. The molecule has 3 heterocycles. The molecule has 31 heavy (non-hydrogen) atoms. The Hall–Kier alpha value is -2.92. The van der Waals surface area contributed by atoms with Gasteiger partial charge in [0, 0.05) is 25.5 Å². The Labute approximate surface area is 184 Å². The Morgan fingerprint density at radius 1 is 1.23 bits per heavy atom. The van der Waals surface area contributed by atoms with Crippen LogP contribution in [0.15, 0.2) is 32.2 Å². The molecule has 0 saturated heterocycles. The fourth-order valence-corrected chi connectivity index (χ4v) is 5.97. The van der Waals surface area contributed by atoms with Crippen molar-refractivity contribution in [3.63, 3.8) is 0 Å². The molecule has 11 heteroatoms. The van der Waals surface area contributed by atoms with E-state index in [1.165, 1.54) is 34.9 Å². The highest BCUT2D eigenvalue weighted by Crippen LogP contribution is 2.35. The summed E-state index contributed by atoms with van der Waals surface area (Å²) in [7, 11) is 2.69. The number of anilines is 1. The predicted octanol–water partition coefficient (Wildman–Crippen LogP) is 1.09. The number of nitrogens with zero attached hydrogens (tertiary/aromatic N) is 4. The topological polar surface area (TPSA) is 122 Å². The van der Waals surface area contributed by atoms with E-state index in [-0.39, 0.29) is 29.2 Å². The van der Waals surface area contributed by atoms with Crippen molar-refractivity contribution in [2.75, 3.05) is 11.5 Å². The second-order valence-electron chi connectivity index (χ2n) is 7.31. The van der Waals surface area contributed by atoms with E-state index in [1.54, 1.807) is 6.08 Å². The average Bonchev–Trinajstić information content (AvgIpc) is 3.32. The van der Waals surface area contributed by atoms with E-state index < -0.39 is 17.0 Å².